The summed E-state index contributed by atoms with van der Waals surface area (Å²) in [5.41, 5.74) is 2.85. The van der Waals surface area contributed by atoms with Crippen LogP contribution in [-0.4, -0.2) is 26.6 Å². The van der Waals surface area contributed by atoms with Gasteiger partial charge < -0.3 is 5.11 Å². The molecule has 0 saturated heterocycles. The molecule has 1 heterocycles. The summed E-state index contributed by atoms with van der Waals surface area (Å²) in [6.07, 6.45) is 8.20. The summed E-state index contributed by atoms with van der Waals surface area (Å²) in [4.78, 5) is 23.4. The van der Waals surface area contributed by atoms with E-state index in [0.29, 0.717) is 5.69 Å². The zero-order valence-corrected chi connectivity index (χ0v) is 17.4. The first-order chi connectivity index (χ1) is 13.4. The van der Waals surface area contributed by atoms with E-state index in [1.54, 1.807) is 24.9 Å². The standard InChI is InChI=1S/C22H29ClN2O3/c1-16(13-21(27)28)12-20(26)22-18(15-24-25(22)2)10-6-4-3-5-8-17-9-7-11-19(23)14-17/h7,9,11,14-16H,3-6,8,10,12-13H2,1-2H3,(H,27,28)/t16-/m0/s1. The van der Waals surface area contributed by atoms with Crippen molar-refractivity contribution in [2.75, 3.05) is 0 Å². The number of carbonyl (C=O) groups is 2. The van der Waals surface area contributed by atoms with E-state index in [1.165, 1.54) is 5.56 Å². The van der Waals surface area contributed by atoms with Crippen LogP contribution in [0.2, 0.25) is 5.02 Å². The summed E-state index contributed by atoms with van der Waals surface area (Å²) >= 11 is 6.01. The quantitative estimate of drug-likeness (QED) is 0.394. The van der Waals surface area contributed by atoms with E-state index >= 15 is 0 Å². The van der Waals surface area contributed by atoms with Crippen LogP contribution in [0.3, 0.4) is 0 Å². The molecule has 0 aliphatic rings. The van der Waals surface area contributed by atoms with Gasteiger partial charge in [-0.2, -0.15) is 5.10 Å². The topological polar surface area (TPSA) is 72.2 Å². The number of carboxylic acids is 1. The molecular weight excluding hydrogens is 376 g/mol. The average Bonchev–Trinajstić information content (AvgIpc) is 2.98. The van der Waals surface area contributed by atoms with Crippen molar-refractivity contribution in [2.45, 2.75) is 58.3 Å². The molecular formula is C22H29ClN2O3. The number of unbranched alkanes of at least 4 members (excludes halogenated alkanes) is 3. The lowest BCUT2D eigenvalue weighted by molar-refractivity contribution is -0.137. The third kappa shape index (κ3) is 7.12. The summed E-state index contributed by atoms with van der Waals surface area (Å²) in [5.74, 6) is -1.08. The summed E-state index contributed by atoms with van der Waals surface area (Å²) < 4.78 is 1.62. The molecule has 1 atom stereocenters. The maximum absolute atomic E-state index is 12.6. The third-order valence-corrected chi connectivity index (χ3v) is 5.12. The number of aromatic nitrogens is 2. The number of Topliss-reactive ketones (excluding diaryl/α,β-unsaturated/α-hetero) is 1. The van der Waals surface area contributed by atoms with E-state index in [0.717, 1.165) is 49.1 Å². The van der Waals surface area contributed by atoms with Crippen molar-refractivity contribution in [3.05, 3.63) is 52.3 Å². The molecule has 0 amide bonds. The predicted octanol–water partition coefficient (Wildman–Crippen LogP) is 5.10. The Bertz CT molecular complexity index is 801. The highest BCUT2D eigenvalue weighted by atomic mass is 35.5. The zero-order chi connectivity index (χ0) is 20.5. The third-order valence-electron chi connectivity index (χ3n) is 4.89. The molecule has 0 bridgehead atoms. The minimum atomic E-state index is -0.872. The van der Waals surface area contributed by atoms with Gasteiger partial charge in [0.05, 0.1) is 6.20 Å². The molecule has 28 heavy (non-hydrogen) atoms. The average molecular weight is 405 g/mol. The maximum Gasteiger partial charge on any atom is 0.303 e. The molecule has 0 saturated carbocycles. The van der Waals surface area contributed by atoms with Crippen molar-refractivity contribution in [1.82, 2.24) is 9.78 Å². The SMILES string of the molecule is C[C@H](CC(=O)O)CC(=O)c1c(CCCCCCc2cccc(Cl)c2)cnn1C. The van der Waals surface area contributed by atoms with Gasteiger partial charge in [0.1, 0.15) is 5.69 Å². The van der Waals surface area contributed by atoms with E-state index in [-0.39, 0.29) is 24.5 Å². The fourth-order valence-corrected chi connectivity index (χ4v) is 3.71. The number of rotatable bonds is 12. The fraction of sp³-hybridized carbons (Fsp3) is 0.500. The Balaban J connectivity index is 1.77. The number of hydrogen-bond acceptors (Lipinski definition) is 3. The highest BCUT2D eigenvalue weighted by Gasteiger charge is 2.20. The van der Waals surface area contributed by atoms with E-state index in [1.807, 2.05) is 18.2 Å². The van der Waals surface area contributed by atoms with Crippen LogP contribution in [0.4, 0.5) is 0 Å². The van der Waals surface area contributed by atoms with Crippen molar-refractivity contribution >= 4 is 23.4 Å². The predicted molar refractivity (Wildman–Crippen MR) is 111 cm³/mol. The number of aryl methyl sites for hydroxylation is 3. The van der Waals surface area contributed by atoms with Crippen LogP contribution in [-0.2, 0) is 24.7 Å². The minimum Gasteiger partial charge on any atom is -0.481 e. The van der Waals surface area contributed by atoms with Gasteiger partial charge >= 0.3 is 5.97 Å². The van der Waals surface area contributed by atoms with Crippen LogP contribution in [0.25, 0.3) is 0 Å². The van der Waals surface area contributed by atoms with Gasteiger partial charge in [-0.15, -0.1) is 0 Å². The molecule has 6 heteroatoms. The maximum atomic E-state index is 12.6. The first-order valence-electron chi connectivity index (χ1n) is 9.87. The number of benzene rings is 1. The van der Waals surface area contributed by atoms with Crippen LogP contribution in [0.15, 0.2) is 30.5 Å². The fourth-order valence-electron chi connectivity index (χ4n) is 3.50. The summed E-state index contributed by atoms with van der Waals surface area (Å²) in [6.45, 7) is 1.79. The Morgan fingerprint density at radius 2 is 1.86 bits per heavy atom. The van der Waals surface area contributed by atoms with Crippen LogP contribution in [0.1, 0.15) is 67.1 Å². The number of hydrogen-bond donors (Lipinski definition) is 1. The number of carboxylic acid groups (broad SMARTS) is 1. The van der Waals surface area contributed by atoms with Crippen LogP contribution in [0.5, 0.6) is 0 Å². The lowest BCUT2D eigenvalue weighted by atomic mass is 9.96. The molecule has 1 N–H and O–H groups in total. The normalized spacial score (nSPS) is 12.1. The van der Waals surface area contributed by atoms with Gasteiger partial charge in [-0.25, -0.2) is 0 Å². The van der Waals surface area contributed by atoms with Crippen LogP contribution < -0.4 is 0 Å². The molecule has 0 spiro atoms. The molecule has 0 fully saturated rings. The first kappa shape index (κ1) is 22.2. The van der Waals surface area contributed by atoms with Gasteiger partial charge in [-0.05, 0) is 49.3 Å². The largest absolute Gasteiger partial charge is 0.481 e. The van der Waals surface area contributed by atoms with Gasteiger partial charge in [0.25, 0.3) is 0 Å². The molecule has 0 aliphatic heterocycles. The molecule has 0 radical (unpaired) electrons. The lowest BCUT2D eigenvalue weighted by Crippen LogP contribution is -2.15. The van der Waals surface area contributed by atoms with E-state index in [9.17, 15) is 9.59 Å². The zero-order valence-electron chi connectivity index (χ0n) is 16.7. The molecule has 0 aliphatic carbocycles. The molecule has 152 valence electrons. The van der Waals surface area contributed by atoms with Crippen molar-refractivity contribution in [2.24, 2.45) is 13.0 Å². The number of aliphatic carboxylic acids is 1. The minimum absolute atomic E-state index is 0.00551. The van der Waals surface area contributed by atoms with E-state index in [4.69, 9.17) is 16.7 Å². The molecule has 1 aromatic carbocycles. The van der Waals surface area contributed by atoms with E-state index in [2.05, 4.69) is 11.2 Å². The van der Waals surface area contributed by atoms with Gasteiger partial charge in [0.2, 0.25) is 0 Å². The number of nitrogens with zero attached hydrogens (tertiary/aromatic N) is 2. The summed E-state index contributed by atoms with van der Waals surface area (Å²) in [7, 11) is 1.77. The van der Waals surface area contributed by atoms with Crippen LogP contribution in [0, 0.1) is 5.92 Å². The Morgan fingerprint density at radius 3 is 2.54 bits per heavy atom. The Hall–Kier alpha value is -2.14. The molecule has 1 aromatic heterocycles. The van der Waals surface area contributed by atoms with Crippen molar-refractivity contribution in [3.8, 4) is 0 Å². The summed E-state index contributed by atoms with van der Waals surface area (Å²) in [5, 5.41) is 13.9. The molecule has 5 nitrogen and oxygen atoms in total. The Morgan fingerprint density at radius 1 is 1.14 bits per heavy atom. The van der Waals surface area contributed by atoms with Gasteiger partial charge in [-0.3, -0.25) is 14.3 Å². The molecule has 0 unspecified atom stereocenters. The number of ketones is 1. The second-order valence-corrected chi connectivity index (χ2v) is 7.95. The highest BCUT2D eigenvalue weighted by Crippen LogP contribution is 2.19. The molecule has 2 aromatic rings. The van der Waals surface area contributed by atoms with Gasteiger partial charge in [0.15, 0.2) is 5.78 Å². The van der Waals surface area contributed by atoms with Gasteiger partial charge in [0, 0.05) is 30.5 Å². The number of halogens is 1. The number of carbonyl (C=O) groups excluding carboxylic acids is 1. The molecule has 2 rings (SSSR count). The van der Waals surface area contributed by atoms with Crippen molar-refractivity contribution in [3.63, 3.8) is 0 Å². The Labute approximate surface area is 171 Å². The highest BCUT2D eigenvalue weighted by molar-refractivity contribution is 6.30. The lowest BCUT2D eigenvalue weighted by Gasteiger charge is -2.10. The van der Waals surface area contributed by atoms with Crippen molar-refractivity contribution < 1.29 is 14.7 Å². The Kier molecular flexibility index (Phi) is 8.71. The monoisotopic (exact) mass is 404 g/mol. The summed E-state index contributed by atoms with van der Waals surface area (Å²) in [6, 6.07) is 7.99. The van der Waals surface area contributed by atoms with E-state index < -0.39 is 5.97 Å². The second kappa shape index (κ2) is 11.0. The first-order valence-corrected chi connectivity index (χ1v) is 10.2. The van der Waals surface area contributed by atoms with Crippen LogP contribution >= 0.6 is 11.6 Å². The second-order valence-electron chi connectivity index (χ2n) is 7.52. The van der Waals surface area contributed by atoms with Gasteiger partial charge in [-0.1, -0.05) is 43.5 Å². The smallest absolute Gasteiger partial charge is 0.303 e. The van der Waals surface area contributed by atoms with Crippen molar-refractivity contribution in [1.29, 1.82) is 0 Å².